The number of aromatic amines is 1. The van der Waals surface area contributed by atoms with E-state index in [4.69, 9.17) is 4.98 Å². The maximum atomic E-state index is 13.0. The van der Waals surface area contributed by atoms with Crippen LogP contribution in [0.5, 0.6) is 0 Å². The molecule has 0 radical (unpaired) electrons. The van der Waals surface area contributed by atoms with Crippen molar-refractivity contribution in [3.63, 3.8) is 0 Å². The third kappa shape index (κ3) is 2.63. The van der Waals surface area contributed by atoms with E-state index in [0.29, 0.717) is 18.5 Å². The average molecular weight is 377 g/mol. The Kier molecular flexibility index (Phi) is 3.61. The summed E-state index contributed by atoms with van der Waals surface area (Å²) in [7, 11) is 1.87. The van der Waals surface area contributed by atoms with Crippen LogP contribution in [0.4, 0.5) is 0 Å². The maximum absolute atomic E-state index is 13.0. The van der Waals surface area contributed by atoms with Gasteiger partial charge in [-0.25, -0.2) is 9.67 Å². The van der Waals surface area contributed by atoms with Gasteiger partial charge in [-0.3, -0.25) is 4.79 Å². The second-order valence-electron chi connectivity index (χ2n) is 6.31. The van der Waals surface area contributed by atoms with Crippen molar-refractivity contribution in [2.45, 2.75) is 13.0 Å². The largest absolute Gasteiger partial charge is 0.323 e. The highest BCUT2D eigenvalue weighted by Gasteiger charge is 2.18. The fourth-order valence-corrected chi connectivity index (χ4v) is 4.36. The Labute approximate surface area is 157 Å². The quantitative estimate of drug-likeness (QED) is 0.518. The summed E-state index contributed by atoms with van der Waals surface area (Å²) in [5, 5.41) is 16.7. The molecule has 8 nitrogen and oxygen atoms in total. The minimum absolute atomic E-state index is 0.109. The number of nitrogens with one attached hydrogen (secondary N) is 1. The van der Waals surface area contributed by atoms with Crippen LogP contribution in [0.25, 0.3) is 21.3 Å². The molecule has 134 valence electrons. The maximum Gasteiger partial charge on any atom is 0.291 e. The highest BCUT2D eigenvalue weighted by Crippen LogP contribution is 2.31. The van der Waals surface area contributed by atoms with Crippen molar-refractivity contribution in [1.29, 1.82) is 0 Å². The van der Waals surface area contributed by atoms with Crippen molar-refractivity contribution in [1.82, 2.24) is 34.7 Å². The highest BCUT2D eigenvalue weighted by atomic mass is 32.1. The molecule has 4 heterocycles. The Bertz CT molecular complexity index is 1300. The molecule has 0 atom stereocenters. The minimum Gasteiger partial charge on any atom is -0.323 e. The van der Waals surface area contributed by atoms with E-state index in [1.807, 2.05) is 41.9 Å². The number of fused-ring (bicyclic) bond motifs is 3. The fourth-order valence-electron chi connectivity index (χ4n) is 3.24. The van der Waals surface area contributed by atoms with Crippen molar-refractivity contribution >= 4 is 32.6 Å². The van der Waals surface area contributed by atoms with Gasteiger partial charge in [0.25, 0.3) is 5.56 Å². The summed E-state index contributed by atoms with van der Waals surface area (Å²) < 4.78 is 4.33. The molecular weight excluding hydrogens is 362 g/mol. The second kappa shape index (κ2) is 6.13. The van der Waals surface area contributed by atoms with E-state index in [-0.39, 0.29) is 5.56 Å². The predicted octanol–water partition coefficient (Wildman–Crippen LogP) is 2.10. The smallest absolute Gasteiger partial charge is 0.291 e. The van der Waals surface area contributed by atoms with Crippen LogP contribution in [-0.2, 0) is 20.0 Å². The van der Waals surface area contributed by atoms with Gasteiger partial charge in [0.15, 0.2) is 5.65 Å². The molecule has 0 saturated carbocycles. The van der Waals surface area contributed by atoms with Crippen LogP contribution >= 0.6 is 11.3 Å². The topological polar surface area (TPSA) is 94.3 Å². The first-order chi connectivity index (χ1) is 13.2. The van der Waals surface area contributed by atoms with E-state index in [2.05, 4.69) is 20.5 Å². The van der Waals surface area contributed by atoms with E-state index in [1.165, 1.54) is 4.68 Å². The van der Waals surface area contributed by atoms with E-state index >= 15 is 0 Å². The molecule has 27 heavy (non-hydrogen) atoms. The van der Waals surface area contributed by atoms with E-state index in [9.17, 15) is 4.79 Å². The molecule has 5 rings (SSSR count). The molecule has 0 aliphatic rings. The van der Waals surface area contributed by atoms with E-state index < -0.39 is 0 Å². The molecule has 9 heteroatoms. The lowest BCUT2D eigenvalue weighted by molar-refractivity contribution is 0.644. The molecule has 0 saturated heterocycles. The first kappa shape index (κ1) is 15.9. The van der Waals surface area contributed by atoms with Crippen molar-refractivity contribution in [2.24, 2.45) is 7.05 Å². The molecule has 0 aliphatic carbocycles. The Morgan fingerprint density at radius 1 is 1.19 bits per heavy atom. The van der Waals surface area contributed by atoms with E-state index in [1.54, 1.807) is 23.7 Å². The van der Waals surface area contributed by atoms with Crippen molar-refractivity contribution in [3.8, 4) is 0 Å². The van der Waals surface area contributed by atoms with Gasteiger partial charge >= 0.3 is 0 Å². The molecule has 1 N–H and O–H groups in total. The summed E-state index contributed by atoms with van der Waals surface area (Å²) in [6.45, 7) is 0.444. The molecule has 5 aromatic rings. The fraction of sp³-hybridized carbons (Fsp3) is 0.167. The van der Waals surface area contributed by atoms with Gasteiger partial charge in [0.2, 0.25) is 0 Å². The van der Waals surface area contributed by atoms with Crippen molar-refractivity contribution in [3.05, 3.63) is 69.3 Å². The lowest BCUT2D eigenvalue weighted by Crippen LogP contribution is -2.24. The first-order valence-electron chi connectivity index (χ1n) is 8.43. The zero-order valence-electron chi connectivity index (χ0n) is 14.5. The lowest BCUT2D eigenvalue weighted by Gasteiger charge is -2.05. The highest BCUT2D eigenvalue weighted by molar-refractivity contribution is 7.19. The van der Waals surface area contributed by atoms with Crippen molar-refractivity contribution < 1.29 is 0 Å². The lowest BCUT2D eigenvalue weighted by atomic mass is 10.2. The zero-order chi connectivity index (χ0) is 18.4. The average Bonchev–Trinajstić information content (AvgIpc) is 3.38. The predicted molar refractivity (Wildman–Crippen MR) is 103 cm³/mol. The van der Waals surface area contributed by atoms with Gasteiger partial charge in [-0.15, -0.1) is 11.3 Å². The molecule has 0 spiro atoms. The standard InChI is InChI=1S/C18H15N7OS/c1-24-15-13(9-20-25(18(15)26)10-11-5-3-2-4-6-11)16-17(24)21-14(27-16)7-12-8-19-23-22-12/h2-6,8-9H,7,10H2,1H3,(H,19,22,23). The number of aryl methyl sites for hydroxylation is 1. The normalized spacial score (nSPS) is 11.6. The number of nitrogens with zero attached hydrogens (tertiary/aromatic N) is 6. The van der Waals surface area contributed by atoms with Crippen LogP contribution in [0.1, 0.15) is 16.3 Å². The first-order valence-corrected chi connectivity index (χ1v) is 9.25. The summed E-state index contributed by atoms with van der Waals surface area (Å²) >= 11 is 1.56. The Morgan fingerprint density at radius 2 is 2.04 bits per heavy atom. The molecule has 0 bridgehead atoms. The van der Waals surface area contributed by atoms with Gasteiger partial charge in [-0.1, -0.05) is 30.3 Å². The Balaban J connectivity index is 1.60. The number of hydrogen-bond acceptors (Lipinski definition) is 6. The molecule has 4 aromatic heterocycles. The van der Waals surface area contributed by atoms with Crippen LogP contribution < -0.4 is 5.56 Å². The molecule has 1 aromatic carbocycles. The molecular formula is C18H15N7OS. The number of H-pyrrole nitrogens is 1. The van der Waals surface area contributed by atoms with Crippen LogP contribution in [0.2, 0.25) is 0 Å². The van der Waals surface area contributed by atoms with E-state index in [0.717, 1.165) is 32.0 Å². The summed E-state index contributed by atoms with van der Waals surface area (Å²) in [4.78, 5) is 17.7. The number of aromatic nitrogens is 7. The second-order valence-corrected chi connectivity index (χ2v) is 7.40. The van der Waals surface area contributed by atoms with Crippen molar-refractivity contribution in [2.75, 3.05) is 0 Å². The summed E-state index contributed by atoms with van der Waals surface area (Å²) in [5.74, 6) is 0. The zero-order valence-corrected chi connectivity index (χ0v) is 15.3. The number of thiazole rings is 1. The van der Waals surface area contributed by atoms with Gasteiger partial charge in [0.05, 0.1) is 29.3 Å². The van der Waals surface area contributed by atoms with Crippen LogP contribution in [-0.4, -0.2) is 34.7 Å². The third-order valence-electron chi connectivity index (χ3n) is 4.54. The molecule has 0 aliphatic heterocycles. The summed E-state index contributed by atoms with van der Waals surface area (Å²) in [5.41, 5.74) is 3.19. The Morgan fingerprint density at radius 3 is 2.81 bits per heavy atom. The Hall–Kier alpha value is -3.33. The van der Waals surface area contributed by atoms with Gasteiger partial charge in [0.1, 0.15) is 10.5 Å². The molecule has 0 fully saturated rings. The van der Waals surface area contributed by atoms with Gasteiger partial charge in [-0.2, -0.15) is 20.5 Å². The molecule has 0 unspecified atom stereocenters. The minimum atomic E-state index is -0.109. The SMILES string of the molecule is Cn1c2nc(Cc3cn[nH]n3)sc2c2cnn(Cc3ccccc3)c(=O)c21. The monoisotopic (exact) mass is 377 g/mol. The number of benzene rings is 1. The van der Waals surface area contributed by atoms with Crippen LogP contribution in [0, 0.1) is 0 Å². The van der Waals surface area contributed by atoms with Crippen LogP contribution in [0.3, 0.4) is 0 Å². The number of rotatable bonds is 4. The summed E-state index contributed by atoms with van der Waals surface area (Å²) in [6.07, 6.45) is 4.06. The van der Waals surface area contributed by atoms with Crippen LogP contribution in [0.15, 0.2) is 47.5 Å². The van der Waals surface area contributed by atoms with Gasteiger partial charge in [0, 0.05) is 18.9 Å². The molecule has 0 amide bonds. The number of hydrogen-bond donors (Lipinski definition) is 1. The summed E-state index contributed by atoms with van der Waals surface area (Å²) in [6, 6.07) is 9.84. The third-order valence-corrected chi connectivity index (χ3v) is 5.62. The van der Waals surface area contributed by atoms with Gasteiger partial charge < -0.3 is 4.57 Å². The van der Waals surface area contributed by atoms with Gasteiger partial charge in [-0.05, 0) is 5.56 Å².